The molecule has 2 rings (SSSR count). The van der Waals surface area contributed by atoms with Gasteiger partial charge < -0.3 is 20.7 Å². The smallest absolute Gasteiger partial charge is 0.330 e. The molecule has 1 aromatic rings. The van der Waals surface area contributed by atoms with Crippen LogP contribution in [0.15, 0.2) is 53.4 Å². The number of hydrogen-bond acceptors (Lipinski definition) is 4. The average Bonchev–Trinajstić information content (AvgIpc) is 2.58. The Morgan fingerprint density at radius 1 is 1.26 bits per heavy atom. The second-order valence-corrected chi connectivity index (χ2v) is 4.83. The molecule has 6 heteroatoms. The molecule has 1 aromatic carbocycles. The maximum absolute atomic E-state index is 12.8. The van der Waals surface area contributed by atoms with Gasteiger partial charge in [0.05, 0.1) is 24.0 Å². The lowest BCUT2D eigenvalue weighted by Crippen LogP contribution is -2.36. The van der Waals surface area contributed by atoms with Crippen molar-refractivity contribution in [3.8, 4) is 0 Å². The molecule has 0 saturated heterocycles. The Labute approximate surface area is 134 Å². The fourth-order valence-electron chi connectivity index (χ4n) is 2.38. The van der Waals surface area contributed by atoms with Crippen LogP contribution in [-0.2, 0) is 9.47 Å². The Hall–Kier alpha value is -2.69. The van der Waals surface area contributed by atoms with Crippen molar-refractivity contribution in [1.82, 2.24) is 0 Å². The van der Waals surface area contributed by atoms with Crippen molar-refractivity contribution in [3.63, 3.8) is 0 Å². The van der Waals surface area contributed by atoms with Crippen LogP contribution in [0.3, 0.4) is 0 Å². The number of ether oxygens (including phenoxy) is 2. The SMILES string of the molecule is CCOC1=CC(=[N+]=[N-])C(OCC)C(N)=C1C(=O)c1ccccc1. The average molecular weight is 313 g/mol. The molecule has 2 N–H and O–H groups in total. The van der Waals surface area contributed by atoms with Crippen molar-refractivity contribution in [3.05, 3.63) is 64.5 Å². The van der Waals surface area contributed by atoms with Gasteiger partial charge >= 0.3 is 5.71 Å². The fraction of sp³-hybridized carbons (Fsp3) is 0.294. The first-order chi connectivity index (χ1) is 11.1. The lowest BCUT2D eigenvalue weighted by molar-refractivity contribution is -0.0237. The molecule has 0 saturated carbocycles. The van der Waals surface area contributed by atoms with Gasteiger partial charge in [0.1, 0.15) is 5.76 Å². The minimum atomic E-state index is -0.781. The van der Waals surface area contributed by atoms with E-state index in [2.05, 4.69) is 4.79 Å². The Morgan fingerprint density at radius 2 is 1.96 bits per heavy atom. The molecule has 0 aliphatic heterocycles. The number of allylic oxidation sites excluding steroid dienone is 1. The molecule has 0 heterocycles. The van der Waals surface area contributed by atoms with Crippen molar-refractivity contribution in [1.29, 1.82) is 0 Å². The van der Waals surface area contributed by atoms with Gasteiger partial charge in [0.2, 0.25) is 0 Å². The molecule has 0 amide bonds. The van der Waals surface area contributed by atoms with Gasteiger partial charge in [-0.15, -0.1) is 0 Å². The minimum Gasteiger partial charge on any atom is -0.493 e. The summed E-state index contributed by atoms with van der Waals surface area (Å²) in [6, 6.07) is 8.79. The van der Waals surface area contributed by atoms with Crippen LogP contribution in [0.2, 0.25) is 0 Å². The summed E-state index contributed by atoms with van der Waals surface area (Å²) in [6.45, 7) is 4.30. The van der Waals surface area contributed by atoms with Crippen molar-refractivity contribution in [2.75, 3.05) is 13.2 Å². The summed E-state index contributed by atoms with van der Waals surface area (Å²) >= 11 is 0. The van der Waals surface area contributed by atoms with E-state index in [0.29, 0.717) is 18.8 Å². The van der Waals surface area contributed by atoms with Crippen LogP contribution in [0, 0.1) is 0 Å². The molecule has 0 fully saturated rings. The summed E-state index contributed by atoms with van der Waals surface area (Å²) in [6.07, 6.45) is 0.702. The van der Waals surface area contributed by atoms with Gasteiger partial charge in [0.25, 0.3) is 0 Å². The molecule has 6 nitrogen and oxygen atoms in total. The Bertz CT molecular complexity index is 701. The highest BCUT2D eigenvalue weighted by Crippen LogP contribution is 2.27. The fourth-order valence-corrected chi connectivity index (χ4v) is 2.38. The van der Waals surface area contributed by atoms with E-state index < -0.39 is 6.10 Å². The minimum absolute atomic E-state index is 0.180. The number of carbonyl (C=O) groups excluding carboxylic acids is 1. The van der Waals surface area contributed by atoms with E-state index in [4.69, 9.17) is 15.2 Å². The quantitative estimate of drug-likeness (QED) is 0.494. The number of rotatable bonds is 6. The number of nitrogens with two attached hydrogens (primary N) is 1. The first kappa shape index (κ1) is 16.7. The Morgan fingerprint density at radius 3 is 2.52 bits per heavy atom. The second-order valence-electron chi connectivity index (χ2n) is 4.83. The van der Waals surface area contributed by atoms with E-state index in [9.17, 15) is 10.3 Å². The van der Waals surface area contributed by atoms with Gasteiger partial charge in [-0.3, -0.25) is 4.79 Å². The Kier molecular flexibility index (Phi) is 5.46. The molecule has 1 aliphatic carbocycles. The zero-order valence-corrected chi connectivity index (χ0v) is 13.2. The van der Waals surface area contributed by atoms with Crippen LogP contribution >= 0.6 is 0 Å². The number of nitrogens with zero attached hydrogens (tertiary/aromatic N) is 2. The zero-order chi connectivity index (χ0) is 16.8. The van der Waals surface area contributed by atoms with Gasteiger partial charge in [0.15, 0.2) is 11.9 Å². The standard InChI is InChI=1S/C17H19N3O3/c1-3-22-13-10-12(20-19)17(23-4-2)15(18)14(13)16(21)11-8-6-5-7-9-11/h5-10,17H,3-4,18H2,1-2H3. The van der Waals surface area contributed by atoms with Gasteiger partial charge in [-0.25, -0.2) is 0 Å². The van der Waals surface area contributed by atoms with Crippen molar-refractivity contribution < 1.29 is 19.1 Å². The molecule has 0 bridgehead atoms. The normalized spacial score (nSPS) is 17.6. The van der Waals surface area contributed by atoms with E-state index in [1.807, 2.05) is 6.07 Å². The highest BCUT2D eigenvalue weighted by Gasteiger charge is 2.37. The molecular formula is C17H19N3O3. The third-order valence-corrected chi connectivity index (χ3v) is 3.38. The predicted octanol–water partition coefficient (Wildman–Crippen LogP) is 2.09. The van der Waals surface area contributed by atoms with Crippen LogP contribution in [0.1, 0.15) is 24.2 Å². The lowest BCUT2D eigenvalue weighted by atomic mass is 9.91. The summed E-state index contributed by atoms with van der Waals surface area (Å²) in [5, 5.41) is 0. The molecular weight excluding hydrogens is 294 g/mol. The van der Waals surface area contributed by atoms with Crippen LogP contribution in [-0.4, -0.2) is 35.6 Å². The monoisotopic (exact) mass is 313 g/mol. The molecule has 0 aromatic heterocycles. The highest BCUT2D eigenvalue weighted by atomic mass is 16.5. The number of carbonyl (C=O) groups is 1. The van der Waals surface area contributed by atoms with Crippen molar-refractivity contribution >= 4 is 11.5 Å². The second kappa shape index (κ2) is 7.54. The molecule has 1 atom stereocenters. The van der Waals surface area contributed by atoms with Gasteiger partial charge in [0, 0.05) is 12.2 Å². The third-order valence-electron chi connectivity index (χ3n) is 3.38. The van der Waals surface area contributed by atoms with Crippen LogP contribution in [0.4, 0.5) is 0 Å². The van der Waals surface area contributed by atoms with Gasteiger partial charge in [-0.1, -0.05) is 30.3 Å². The van der Waals surface area contributed by atoms with E-state index in [1.54, 1.807) is 38.1 Å². The molecule has 23 heavy (non-hydrogen) atoms. The molecule has 1 unspecified atom stereocenters. The molecule has 120 valence electrons. The number of hydrogen-bond donors (Lipinski definition) is 1. The zero-order valence-electron chi connectivity index (χ0n) is 13.2. The largest absolute Gasteiger partial charge is 0.493 e. The van der Waals surface area contributed by atoms with E-state index in [0.717, 1.165) is 0 Å². The summed E-state index contributed by atoms with van der Waals surface area (Å²) in [7, 11) is 0. The molecule has 0 spiro atoms. The van der Waals surface area contributed by atoms with E-state index >= 15 is 0 Å². The van der Waals surface area contributed by atoms with E-state index in [1.165, 1.54) is 6.08 Å². The van der Waals surface area contributed by atoms with Crippen LogP contribution in [0.5, 0.6) is 0 Å². The highest BCUT2D eigenvalue weighted by molar-refractivity contribution is 6.15. The van der Waals surface area contributed by atoms with Gasteiger partial charge in [-0.2, -0.15) is 4.79 Å². The number of benzene rings is 1. The predicted molar refractivity (Wildman–Crippen MR) is 85.7 cm³/mol. The first-order valence-corrected chi connectivity index (χ1v) is 7.41. The number of ketones is 1. The van der Waals surface area contributed by atoms with Gasteiger partial charge in [-0.05, 0) is 13.8 Å². The maximum atomic E-state index is 12.8. The van der Waals surface area contributed by atoms with E-state index in [-0.39, 0.29) is 28.5 Å². The van der Waals surface area contributed by atoms with Crippen LogP contribution < -0.4 is 5.73 Å². The lowest BCUT2D eigenvalue weighted by Gasteiger charge is -2.22. The summed E-state index contributed by atoms with van der Waals surface area (Å²) in [5.41, 5.74) is 16.5. The third kappa shape index (κ3) is 3.39. The summed E-state index contributed by atoms with van der Waals surface area (Å²) in [4.78, 5) is 16.0. The summed E-state index contributed by atoms with van der Waals surface area (Å²) in [5.74, 6) is 0.0205. The van der Waals surface area contributed by atoms with Crippen molar-refractivity contribution in [2.24, 2.45) is 5.73 Å². The Balaban J connectivity index is 2.54. The summed E-state index contributed by atoms with van der Waals surface area (Å²) < 4.78 is 11.0. The number of Topliss-reactive ketones (excluding diaryl/α,β-unsaturated/α-hetero) is 1. The molecule has 0 radical (unpaired) electrons. The van der Waals surface area contributed by atoms with Crippen LogP contribution in [0.25, 0.3) is 5.53 Å². The topological polar surface area (TPSA) is 97.9 Å². The first-order valence-electron chi connectivity index (χ1n) is 7.41. The molecule has 1 aliphatic rings. The van der Waals surface area contributed by atoms with Crippen molar-refractivity contribution in [2.45, 2.75) is 20.0 Å². The maximum Gasteiger partial charge on any atom is 0.330 e.